The van der Waals surface area contributed by atoms with E-state index in [-0.39, 0.29) is 5.41 Å². The van der Waals surface area contributed by atoms with Crippen LogP contribution in [0.15, 0.2) is 73.7 Å². The van der Waals surface area contributed by atoms with Crippen LogP contribution in [0.3, 0.4) is 0 Å². The zero-order valence-electron chi connectivity index (χ0n) is 21.7. The fourth-order valence-corrected chi connectivity index (χ4v) is 3.67. The topological polar surface area (TPSA) is 24.5 Å². The van der Waals surface area contributed by atoms with Crippen LogP contribution in [-0.2, 0) is 11.3 Å². The van der Waals surface area contributed by atoms with Gasteiger partial charge in [-0.15, -0.1) is 0 Å². The van der Waals surface area contributed by atoms with Gasteiger partial charge in [-0.1, -0.05) is 78.1 Å². The van der Waals surface area contributed by atoms with E-state index in [0.717, 1.165) is 36.3 Å². The highest BCUT2D eigenvalue weighted by molar-refractivity contribution is 5.81. The summed E-state index contributed by atoms with van der Waals surface area (Å²) in [6.07, 6.45) is 5.87. The largest absolute Gasteiger partial charge is 0.465 e. The Kier molecular flexibility index (Phi) is 9.40. The van der Waals surface area contributed by atoms with Crippen molar-refractivity contribution in [2.45, 2.75) is 54.0 Å². The first-order chi connectivity index (χ1) is 15.6. The number of hydrogen-bond acceptors (Lipinski definition) is 3. The highest BCUT2D eigenvalue weighted by atomic mass is 16.5. The first-order valence-electron chi connectivity index (χ1n) is 11.9. The Balaban J connectivity index is 2.41. The van der Waals surface area contributed by atoms with Crippen molar-refractivity contribution in [2.75, 3.05) is 19.4 Å². The number of nitrogens with one attached hydrogen (secondary N) is 1. The van der Waals surface area contributed by atoms with Crippen LogP contribution < -0.4 is 5.32 Å². The maximum atomic E-state index is 5.85. The minimum absolute atomic E-state index is 0.193. The summed E-state index contributed by atoms with van der Waals surface area (Å²) in [4.78, 5) is 2.25. The number of anilines is 1. The second-order valence-corrected chi connectivity index (χ2v) is 10.1. The molecule has 2 aromatic carbocycles. The minimum atomic E-state index is 0.193. The van der Waals surface area contributed by atoms with Crippen LogP contribution >= 0.6 is 0 Å². The standard InChI is InChI=1S/C30H42N2O/c1-10-22(2)17-18-33-24(4)25-15-16-27(28-13-11-12-14-29(28)31-8)26(19-25)21-32(9)23(3)20-30(5,6)7/h11-19,22,31H,3-4,10,20-21H2,1-2,5-9H3/b18-17-. The molecule has 1 unspecified atom stereocenters. The third-order valence-corrected chi connectivity index (χ3v) is 5.86. The molecule has 2 aromatic rings. The van der Waals surface area contributed by atoms with E-state index < -0.39 is 0 Å². The molecule has 0 aromatic heterocycles. The summed E-state index contributed by atoms with van der Waals surface area (Å²) in [6.45, 7) is 20.4. The van der Waals surface area contributed by atoms with Crippen LogP contribution in [0.4, 0.5) is 5.69 Å². The molecule has 0 amide bonds. The van der Waals surface area contributed by atoms with Gasteiger partial charge in [0, 0.05) is 43.2 Å². The molecule has 1 N–H and O–H groups in total. The number of rotatable bonds is 11. The van der Waals surface area contributed by atoms with Gasteiger partial charge in [-0.05, 0) is 53.5 Å². The summed E-state index contributed by atoms with van der Waals surface area (Å²) >= 11 is 0. The number of allylic oxidation sites excluding steroid dienone is 2. The molecule has 0 bridgehead atoms. The average Bonchev–Trinajstić information content (AvgIpc) is 2.77. The van der Waals surface area contributed by atoms with Gasteiger partial charge in [0.25, 0.3) is 0 Å². The SMILES string of the molecule is C=C(O/C=C\C(C)CC)c1ccc(-c2ccccc2NC)c(CN(C)C(=C)CC(C)(C)C)c1. The quantitative estimate of drug-likeness (QED) is 0.351. The van der Waals surface area contributed by atoms with Crippen LogP contribution in [0.25, 0.3) is 16.9 Å². The number of para-hydroxylation sites is 1. The Labute approximate surface area is 201 Å². The molecule has 1 atom stereocenters. The average molecular weight is 447 g/mol. The van der Waals surface area contributed by atoms with Crippen molar-refractivity contribution in [3.05, 3.63) is 84.8 Å². The third kappa shape index (κ3) is 7.85. The molecule has 3 heteroatoms. The number of nitrogens with zero attached hydrogens (tertiary/aromatic N) is 1. The molecule has 178 valence electrons. The fourth-order valence-electron chi connectivity index (χ4n) is 3.67. The minimum Gasteiger partial charge on any atom is -0.465 e. The Morgan fingerprint density at radius 3 is 2.45 bits per heavy atom. The lowest BCUT2D eigenvalue weighted by Crippen LogP contribution is -2.21. The van der Waals surface area contributed by atoms with Crippen molar-refractivity contribution in [1.82, 2.24) is 4.90 Å². The van der Waals surface area contributed by atoms with Crippen molar-refractivity contribution >= 4 is 11.4 Å². The molecule has 2 rings (SSSR count). The maximum Gasteiger partial charge on any atom is 0.126 e. The molecule has 33 heavy (non-hydrogen) atoms. The van der Waals surface area contributed by atoms with E-state index >= 15 is 0 Å². The molecule has 0 heterocycles. The van der Waals surface area contributed by atoms with Crippen LogP contribution in [0, 0.1) is 11.3 Å². The molecular weight excluding hydrogens is 404 g/mol. The zero-order valence-corrected chi connectivity index (χ0v) is 21.7. The van der Waals surface area contributed by atoms with Gasteiger partial charge in [0.2, 0.25) is 0 Å². The first kappa shape index (κ1) is 26.3. The summed E-state index contributed by atoms with van der Waals surface area (Å²) in [5.74, 6) is 1.14. The predicted molar refractivity (Wildman–Crippen MR) is 145 cm³/mol. The molecule has 3 nitrogen and oxygen atoms in total. The normalized spacial score (nSPS) is 12.5. The van der Waals surface area contributed by atoms with E-state index in [1.807, 2.05) is 7.05 Å². The molecule has 0 saturated heterocycles. The lowest BCUT2D eigenvalue weighted by molar-refractivity contribution is 0.323. The number of hydrogen-bond donors (Lipinski definition) is 1. The van der Waals surface area contributed by atoms with Crippen molar-refractivity contribution < 1.29 is 4.74 Å². The summed E-state index contributed by atoms with van der Waals surface area (Å²) in [7, 11) is 4.08. The van der Waals surface area contributed by atoms with E-state index in [4.69, 9.17) is 4.74 Å². The lowest BCUT2D eigenvalue weighted by Gasteiger charge is -2.28. The molecule has 0 fully saturated rings. The highest BCUT2D eigenvalue weighted by Crippen LogP contribution is 2.34. The molecular formula is C30H42N2O. The predicted octanol–water partition coefficient (Wildman–Crippen LogP) is 8.32. The van der Waals surface area contributed by atoms with Crippen molar-refractivity contribution in [3.63, 3.8) is 0 Å². The Hall–Kier alpha value is -2.94. The maximum absolute atomic E-state index is 5.85. The summed E-state index contributed by atoms with van der Waals surface area (Å²) < 4.78 is 5.85. The first-order valence-corrected chi connectivity index (χ1v) is 11.9. The Morgan fingerprint density at radius 1 is 1.12 bits per heavy atom. The van der Waals surface area contributed by atoms with Crippen LogP contribution in [0.1, 0.15) is 58.6 Å². The molecule has 0 aliphatic heterocycles. The second-order valence-electron chi connectivity index (χ2n) is 10.1. The van der Waals surface area contributed by atoms with E-state index in [1.54, 1.807) is 6.26 Å². The molecule has 0 saturated carbocycles. The van der Waals surface area contributed by atoms with Gasteiger partial charge >= 0.3 is 0 Å². The second kappa shape index (κ2) is 11.8. The van der Waals surface area contributed by atoms with E-state index in [9.17, 15) is 0 Å². The van der Waals surface area contributed by atoms with E-state index in [2.05, 4.69) is 114 Å². The van der Waals surface area contributed by atoms with Gasteiger partial charge in [0.05, 0.1) is 6.26 Å². The Bertz CT molecular complexity index is 981. The molecule has 0 spiro atoms. The molecule has 0 aliphatic rings. The van der Waals surface area contributed by atoms with E-state index in [1.165, 1.54) is 16.7 Å². The third-order valence-electron chi connectivity index (χ3n) is 5.86. The van der Waals surface area contributed by atoms with Crippen molar-refractivity contribution in [3.8, 4) is 11.1 Å². The van der Waals surface area contributed by atoms with E-state index in [0.29, 0.717) is 11.7 Å². The van der Waals surface area contributed by atoms with Crippen LogP contribution in [0.5, 0.6) is 0 Å². The summed E-state index contributed by atoms with van der Waals surface area (Å²) in [5.41, 5.74) is 7.00. The molecule has 0 radical (unpaired) electrons. The number of benzene rings is 2. The van der Waals surface area contributed by atoms with Gasteiger partial charge in [0.1, 0.15) is 5.76 Å². The fraction of sp³-hybridized carbons (Fsp3) is 0.400. The van der Waals surface area contributed by atoms with Gasteiger partial charge in [-0.25, -0.2) is 0 Å². The van der Waals surface area contributed by atoms with Gasteiger partial charge in [-0.2, -0.15) is 0 Å². The smallest absolute Gasteiger partial charge is 0.126 e. The van der Waals surface area contributed by atoms with Crippen molar-refractivity contribution in [1.29, 1.82) is 0 Å². The van der Waals surface area contributed by atoms with Crippen LogP contribution in [0.2, 0.25) is 0 Å². The monoisotopic (exact) mass is 446 g/mol. The Morgan fingerprint density at radius 2 is 1.82 bits per heavy atom. The zero-order chi connectivity index (χ0) is 24.6. The summed E-state index contributed by atoms with van der Waals surface area (Å²) in [6, 6.07) is 14.9. The van der Waals surface area contributed by atoms with Crippen LogP contribution in [-0.4, -0.2) is 19.0 Å². The van der Waals surface area contributed by atoms with Gasteiger partial charge < -0.3 is 15.0 Å². The van der Waals surface area contributed by atoms with Crippen molar-refractivity contribution in [2.24, 2.45) is 11.3 Å². The van der Waals surface area contributed by atoms with Gasteiger partial charge in [-0.3, -0.25) is 0 Å². The molecule has 0 aliphatic carbocycles. The van der Waals surface area contributed by atoms with Gasteiger partial charge in [0.15, 0.2) is 0 Å². The highest BCUT2D eigenvalue weighted by Gasteiger charge is 2.17. The summed E-state index contributed by atoms with van der Waals surface area (Å²) in [5, 5.41) is 3.33. The number of ether oxygens (including phenoxy) is 1. The lowest BCUT2D eigenvalue weighted by atomic mass is 9.90.